The van der Waals surface area contributed by atoms with Gasteiger partial charge in [0.2, 0.25) is 0 Å². The van der Waals surface area contributed by atoms with Crippen LogP contribution >= 0.6 is 38.9 Å². The van der Waals surface area contributed by atoms with Crippen molar-refractivity contribution in [3.63, 3.8) is 0 Å². The Morgan fingerprint density at radius 2 is 2.23 bits per heavy atom. The van der Waals surface area contributed by atoms with Gasteiger partial charge in [-0.15, -0.1) is 22.9 Å². The van der Waals surface area contributed by atoms with Gasteiger partial charge < -0.3 is 0 Å². The monoisotopic (exact) mass is 278 g/mol. The van der Waals surface area contributed by atoms with Gasteiger partial charge in [0.25, 0.3) is 0 Å². The Labute approximate surface area is 92.5 Å². The highest BCUT2D eigenvalue weighted by Crippen LogP contribution is 2.35. The van der Waals surface area contributed by atoms with Crippen LogP contribution in [0.5, 0.6) is 0 Å². The number of thiophene rings is 1. The topological polar surface area (TPSA) is 0 Å². The van der Waals surface area contributed by atoms with E-state index in [0.29, 0.717) is 10.6 Å². The molecule has 1 heterocycles. The first-order valence-electron chi connectivity index (χ1n) is 3.64. The summed E-state index contributed by atoms with van der Waals surface area (Å²) in [6, 6.07) is 3.19. The summed E-state index contributed by atoms with van der Waals surface area (Å²) < 4.78 is 14.9. The zero-order chi connectivity index (χ0) is 9.42. The average molecular weight is 280 g/mol. The number of alkyl halides is 1. The molecule has 0 aliphatic heterocycles. The molecule has 2 rings (SSSR count). The third kappa shape index (κ3) is 1.49. The molecule has 1 aromatic heterocycles. The Morgan fingerprint density at radius 3 is 2.92 bits per heavy atom. The molecule has 0 N–H and O–H groups in total. The number of fused-ring (bicyclic) bond motifs is 1. The van der Waals surface area contributed by atoms with Crippen LogP contribution in [0.4, 0.5) is 4.39 Å². The molecule has 0 aliphatic carbocycles. The highest BCUT2D eigenvalue weighted by atomic mass is 79.9. The van der Waals surface area contributed by atoms with Gasteiger partial charge >= 0.3 is 0 Å². The zero-order valence-electron chi connectivity index (χ0n) is 6.48. The number of halogens is 3. The van der Waals surface area contributed by atoms with E-state index in [1.807, 2.05) is 5.38 Å². The van der Waals surface area contributed by atoms with E-state index in [1.54, 1.807) is 6.07 Å². The number of hydrogen-bond acceptors (Lipinski definition) is 1. The lowest BCUT2D eigenvalue weighted by atomic mass is 10.1. The second-order valence-corrected chi connectivity index (χ2v) is 4.63. The molecule has 0 spiro atoms. The molecule has 0 nitrogen and oxygen atoms in total. The van der Waals surface area contributed by atoms with Crippen LogP contribution in [0.15, 0.2) is 22.0 Å². The first-order valence-corrected chi connectivity index (χ1v) is 5.85. The molecule has 0 radical (unpaired) electrons. The van der Waals surface area contributed by atoms with Crippen molar-refractivity contribution in [2.75, 3.05) is 0 Å². The third-order valence-corrected chi connectivity index (χ3v) is 4.06. The Hall–Kier alpha value is -0.120. The minimum Gasteiger partial charge on any atom is -0.205 e. The normalized spacial score (nSPS) is 11.0. The summed E-state index contributed by atoms with van der Waals surface area (Å²) in [5.74, 6) is 0.228. The van der Waals surface area contributed by atoms with Crippen LogP contribution in [0, 0.1) is 5.82 Å². The van der Waals surface area contributed by atoms with Crippen molar-refractivity contribution in [3.8, 4) is 0 Å². The molecule has 0 atom stereocenters. The fraction of sp³-hybridized carbons (Fsp3) is 0.111. The number of rotatable bonds is 1. The largest absolute Gasteiger partial charge is 0.205 e. The van der Waals surface area contributed by atoms with E-state index in [4.69, 9.17) is 11.6 Å². The molecule has 0 saturated heterocycles. The van der Waals surface area contributed by atoms with Crippen molar-refractivity contribution in [1.29, 1.82) is 0 Å². The molecule has 4 heteroatoms. The van der Waals surface area contributed by atoms with Crippen LogP contribution in [-0.4, -0.2) is 0 Å². The quantitative estimate of drug-likeness (QED) is 0.672. The molecule has 2 aromatic rings. The van der Waals surface area contributed by atoms with Crippen molar-refractivity contribution >= 4 is 49.0 Å². The summed E-state index contributed by atoms with van der Waals surface area (Å²) >= 11 is 10.5. The Balaban J connectivity index is 2.88. The molecular weight excluding hydrogens is 275 g/mol. The van der Waals surface area contributed by atoms with Crippen LogP contribution in [0.1, 0.15) is 5.56 Å². The van der Waals surface area contributed by atoms with Gasteiger partial charge in [-0.25, -0.2) is 4.39 Å². The highest BCUT2D eigenvalue weighted by Gasteiger charge is 2.10. The van der Waals surface area contributed by atoms with E-state index in [1.165, 1.54) is 17.4 Å². The van der Waals surface area contributed by atoms with Gasteiger partial charge in [-0.05, 0) is 27.6 Å². The molecular formula is C9H5BrClFS. The smallest absolute Gasteiger partial charge is 0.141 e. The molecule has 68 valence electrons. The van der Waals surface area contributed by atoms with Crippen LogP contribution < -0.4 is 0 Å². The van der Waals surface area contributed by atoms with Crippen molar-refractivity contribution in [3.05, 3.63) is 33.4 Å². The Kier molecular flexibility index (Phi) is 2.58. The van der Waals surface area contributed by atoms with Crippen molar-refractivity contribution in [2.45, 2.75) is 5.88 Å². The summed E-state index contributed by atoms with van der Waals surface area (Å²) in [4.78, 5) is 0. The summed E-state index contributed by atoms with van der Waals surface area (Å²) in [6.07, 6.45) is 0. The van der Waals surface area contributed by atoms with Crippen molar-refractivity contribution in [2.24, 2.45) is 0 Å². The van der Waals surface area contributed by atoms with Crippen LogP contribution in [0.25, 0.3) is 10.1 Å². The maximum Gasteiger partial charge on any atom is 0.141 e. The van der Waals surface area contributed by atoms with Gasteiger partial charge in [0.15, 0.2) is 0 Å². The molecule has 13 heavy (non-hydrogen) atoms. The lowest BCUT2D eigenvalue weighted by Crippen LogP contribution is -1.82. The lowest BCUT2D eigenvalue weighted by molar-refractivity contribution is 0.641. The number of hydrogen-bond donors (Lipinski definition) is 0. The predicted octanol–water partition coefficient (Wildman–Crippen LogP) is 4.54. The summed E-state index contributed by atoms with van der Waals surface area (Å²) in [5.41, 5.74) is 0.964. The van der Waals surface area contributed by atoms with E-state index in [2.05, 4.69) is 15.9 Å². The van der Waals surface area contributed by atoms with Crippen LogP contribution in [0.3, 0.4) is 0 Å². The molecule has 0 saturated carbocycles. The second kappa shape index (κ2) is 3.56. The lowest BCUT2D eigenvalue weighted by Gasteiger charge is -1.99. The zero-order valence-corrected chi connectivity index (χ0v) is 9.64. The molecule has 1 aromatic carbocycles. The summed E-state index contributed by atoms with van der Waals surface area (Å²) in [5, 5.41) is 2.78. The van der Waals surface area contributed by atoms with E-state index in [0.717, 1.165) is 15.4 Å². The van der Waals surface area contributed by atoms with Crippen LogP contribution in [-0.2, 0) is 5.88 Å². The summed E-state index contributed by atoms with van der Waals surface area (Å²) in [7, 11) is 0. The second-order valence-electron chi connectivity index (χ2n) is 2.63. The van der Waals surface area contributed by atoms with Gasteiger partial charge in [-0.3, -0.25) is 0 Å². The van der Waals surface area contributed by atoms with Gasteiger partial charge in [-0.1, -0.05) is 6.07 Å². The maximum absolute atomic E-state index is 13.3. The molecule has 0 aliphatic rings. The van der Waals surface area contributed by atoms with E-state index in [9.17, 15) is 4.39 Å². The highest BCUT2D eigenvalue weighted by molar-refractivity contribution is 9.10. The fourth-order valence-corrected chi connectivity index (χ4v) is 3.22. The van der Waals surface area contributed by atoms with Crippen molar-refractivity contribution in [1.82, 2.24) is 0 Å². The van der Waals surface area contributed by atoms with Gasteiger partial charge in [0.05, 0.1) is 4.70 Å². The molecule has 0 unspecified atom stereocenters. The third-order valence-electron chi connectivity index (χ3n) is 1.86. The predicted molar refractivity (Wildman–Crippen MR) is 59.0 cm³/mol. The standard InChI is InChI=1S/C9H5BrClFS/c10-6-4-13-9-7(12)2-1-5(3-11)8(6)9/h1-2,4H,3H2. The maximum atomic E-state index is 13.3. The van der Waals surface area contributed by atoms with Gasteiger partial charge in [0.1, 0.15) is 5.82 Å². The van der Waals surface area contributed by atoms with Crippen molar-refractivity contribution < 1.29 is 4.39 Å². The number of benzene rings is 1. The van der Waals surface area contributed by atoms with E-state index < -0.39 is 0 Å². The fourth-order valence-electron chi connectivity index (χ4n) is 1.26. The molecule has 0 amide bonds. The Morgan fingerprint density at radius 1 is 1.46 bits per heavy atom. The SMILES string of the molecule is Fc1ccc(CCl)c2c(Br)csc12. The first kappa shape index (κ1) is 9.44. The van der Waals surface area contributed by atoms with E-state index in [-0.39, 0.29) is 5.82 Å². The Bertz CT molecular complexity index is 452. The molecule has 0 fully saturated rings. The molecule has 0 bridgehead atoms. The average Bonchev–Trinajstić information content (AvgIpc) is 2.51. The summed E-state index contributed by atoms with van der Waals surface area (Å²) in [6.45, 7) is 0. The van der Waals surface area contributed by atoms with Gasteiger partial charge in [0, 0.05) is 21.1 Å². The van der Waals surface area contributed by atoms with Gasteiger partial charge in [-0.2, -0.15) is 0 Å². The first-order chi connectivity index (χ1) is 6.24. The van der Waals surface area contributed by atoms with E-state index >= 15 is 0 Å². The minimum atomic E-state index is -0.181. The van der Waals surface area contributed by atoms with Crippen LogP contribution in [0.2, 0.25) is 0 Å². The minimum absolute atomic E-state index is 0.181.